The molecular formula is C13H18N2O4. The number of carboxylic acid groups (broad SMARTS) is 1. The number of benzene rings is 1. The van der Waals surface area contributed by atoms with E-state index < -0.39 is 11.9 Å². The van der Waals surface area contributed by atoms with Gasteiger partial charge in [-0.3, -0.25) is 4.79 Å². The number of rotatable bonds is 6. The lowest BCUT2D eigenvalue weighted by Gasteiger charge is -2.11. The van der Waals surface area contributed by atoms with E-state index in [2.05, 4.69) is 10.6 Å². The Labute approximate surface area is 111 Å². The Kier molecular flexibility index (Phi) is 5.66. The summed E-state index contributed by atoms with van der Waals surface area (Å²) < 4.78 is 5.10. The van der Waals surface area contributed by atoms with Crippen LogP contribution in [0.2, 0.25) is 0 Å². The summed E-state index contributed by atoms with van der Waals surface area (Å²) in [7, 11) is 1.52. The molecule has 3 N–H and O–H groups in total. The van der Waals surface area contributed by atoms with Crippen molar-refractivity contribution < 1.29 is 19.4 Å². The van der Waals surface area contributed by atoms with Crippen molar-refractivity contribution in [2.75, 3.05) is 19.0 Å². The fraction of sp³-hybridized carbons (Fsp3) is 0.385. The second-order valence-electron chi connectivity index (χ2n) is 4.11. The minimum Gasteiger partial charge on any atom is -0.495 e. The molecule has 6 heteroatoms. The monoisotopic (exact) mass is 266 g/mol. The molecule has 1 aromatic carbocycles. The number of amides is 2. The molecule has 0 aliphatic heterocycles. The van der Waals surface area contributed by atoms with E-state index in [4.69, 9.17) is 9.84 Å². The summed E-state index contributed by atoms with van der Waals surface area (Å²) in [5.41, 5.74) is 0.564. The zero-order valence-electron chi connectivity index (χ0n) is 11.0. The van der Waals surface area contributed by atoms with Gasteiger partial charge in [-0.2, -0.15) is 0 Å². The minimum absolute atomic E-state index is 0.300. The van der Waals surface area contributed by atoms with Crippen molar-refractivity contribution in [3.05, 3.63) is 24.3 Å². The molecule has 0 saturated heterocycles. The van der Waals surface area contributed by atoms with Crippen molar-refractivity contribution in [2.24, 2.45) is 5.92 Å². The quantitative estimate of drug-likeness (QED) is 0.734. The van der Waals surface area contributed by atoms with Crippen molar-refractivity contribution in [3.63, 3.8) is 0 Å². The second kappa shape index (κ2) is 7.25. The number of nitrogens with one attached hydrogen (secondary N) is 2. The van der Waals surface area contributed by atoms with Crippen molar-refractivity contribution in [1.82, 2.24) is 5.32 Å². The third kappa shape index (κ3) is 4.87. The number of hydrogen-bond acceptors (Lipinski definition) is 3. The Hall–Kier alpha value is -2.24. The van der Waals surface area contributed by atoms with E-state index in [0.717, 1.165) is 0 Å². The normalized spacial score (nSPS) is 11.5. The van der Waals surface area contributed by atoms with Crippen LogP contribution >= 0.6 is 0 Å². The van der Waals surface area contributed by atoms with Gasteiger partial charge in [-0.25, -0.2) is 4.79 Å². The van der Waals surface area contributed by atoms with Gasteiger partial charge >= 0.3 is 12.0 Å². The van der Waals surface area contributed by atoms with Crippen LogP contribution < -0.4 is 15.4 Å². The highest BCUT2D eigenvalue weighted by molar-refractivity contribution is 5.90. The van der Waals surface area contributed by atoms with E-state index >= 15 is 0 Å². The minimum atomic E-state index is -0.869. The highest BCUT2D eigenvalue weighted by Gasteiger charge is 2.11. The van der Waals surface area contributed by atoms with Gasteiger partial charge < -0.3 is 20.5 Å². The zero-order chi connectivity index (χ0) is 14.3. The number of aliphatic carboxylic acids is 1. The summed E-state index contributed by atoms with van der Waals surface area (Å²) in [5, 5.41) is 13.9. The molecule has 0 radical (unpaired) electrons. The first-order valence-corrected chi connectivity index (χ1v) is 5.95. The van der Waals surface area contributed by atoms with Gasteiger partial charge in [-0.15, -0.1) is 0 Å². The SMILES string of the molecule is COc1ccccc1NC(=O)NCCC(C)C(=O)O. The van der Waals surface area contributed by atoms with Gasteiger partial charge in [-0.05, 0) is 18.6 Å². The number of anilines is 1. The molecule has 0 spiro atoms. The molecule has 0 saturated carbocycles. The number of hydrogen-bond donors (Lipinski definition) is 3. The number of urea groups is 1. The molecule has 1 unspecified atom stereocenters. The van der Waals surface area contributed by atoms with Gasteiger partial charge in [-0.1, -0.05) is 19.1 Å². The topological polar surface area (TPSA) is 87.7 Å². The van der Waals surface area contributed by atoms with Crippen molar-refractivity contribution in [2.45, 2.75) is 13.3 Å². The molecule has 0 aliphatic rings. The highest BCUT2D eigenvalue weighted by atomic mass is 16.5. The van der Waals surface area contributed by atoms with Crippen molar-refractivity contribution in [3.8, 4) is 5.75 Å². The Morgan fingerprint density at radius 3 is 2.68 bits per heavy atom. The average molecular weight is 266 g/mol. The summed E-state index contributed by atoms with van der Waals surface area (Å²) in [6, 6.07) is 6.66. The number of carbonyl (C=O) groups is 2. The van der Waals surface area contributed by atoms with Gasteiger partial charge in [0.1, 0.15) is 5.75 Å². The molecule has 1 rings (SSSR count). The summed E-state index contributed by atoms with van der Waals surface area (Å²) >= 11 is 0. The van der Waals surface area contributed by atoms with Crippen LogP contribution in [0.1, 0.15) is 13.3 Å². The van der Waals surface area contributed by atoms with Gasteiger partial charge in [0.25, 0.3) is 0 Å². The first kappa shape index (κ1) is 14.8. The van der Waals surface area contributed by atoms with E-state index in [1.54, 1.807) is 31.2 Å². The molecule has 0 heterocycles. The van der Waals surface area contributed by atoms with Crippen LogP contribution in [0.3, 0.4) is 0 Å². The second-order valence-corrected chi connectivity index (χ2v) is 4.11. The predicted molar refractivity (Wildman–Crippen MR) is 71.4 cm³/mol. The van der Waals surface area contributed by atoms with E-state index in [1.165, 1.54) is 7.11 Å². The smallest absolute Gasteiger partial charge is 0.319 e. The number of para-hydroxylation sites is 2. The van der Waals surface area contributed by atoms with Crippen molar-refractivity contribution >= 4 is 17.7 Å². The molecule has 1 aromatic rings. The molecule has 19 heavy (non-hydrogen) atoms. The lowest BCUT2D eigenvalue weighted by Crippen LogP contribution is -2.31. The van der Waals surface area contributed by atoms with Crippen LogP contribution in [-0.2, 0) is 4.79 Å². The van der Waals surface area contributed by atoms with E-state index in [9.17, 15) is 9.59 Å². The molecule has 0 bridgehead atoms. The van der Waals surface area contributed by atoms with Crippen LogP contribution in [-0.4, -0.2) is 30.8 Å². The molecular weight excluding hydrogens is 248 g/mol. The van der Waals surface area contributed by atoms with E-state index in [-0.39, 0.29) is 6.03 Å². The van der Waals surface area contributed by atoms with Crippen LogP contribution in [0.5, 0.6) is 5.75 Å². The Balaban J connectivity index is 2.41. The summed E-state index contributed by atoms with van der Waals surface area (Å²) in [4.78, 5) is 22.2. The number of carboxylic acids is 1. The third-order valence-electron chi connectivity index (χ3n) is 2.64. The molecule has 6 nitrogen and oxygen atoms in total. The number of ether oxygens (including phenoxy) is 1. The maximum absolute atomic E-state index is 11.6. The fourth-order valence-corrected chi connectivity index (χ4v) is 1.44. The summed E-state index contributed by atoms with van der Waals surface area (Å²) in [6.45, 7) is 1.90. The standard InChI is InChI=1S/C13H18N2O4/c1-9(12(16)17)7-8-14-13(18)15-10-5-3-4-6-11(10)19-2/h3-6,9H,7-8H2,1-2H3,(H,16,17)(H2,14,15,18). The Bertz CT molecular complexity index is 448. The highest BCUT2D eigenvalue weighted by Crippen LogP contribution is 2.22. The molecule has 1 atom stereocenters. The number of methoxy groups -OCH3 is 1. The molecule has 0 aliphatic carbocycles. The van der Waals surface area contributed by atoms with Gasteiger partial charge in [0, 0.05) is 6.54 Å². The first-order chi connectivity index (χ1) is 9.04. The Morgan fingerprint density at radius 1 is 1.37 bits per heavy atom. The Morgan fingerprint density at radius 2 is 2.05 bits per heavy atom. The summed E-state index contributed by atoms with van der Waals surface area (Å²) in [6.07, 6.45) is 0.384. The van der Waals surface area contributed by atoms with Crippen LogP contribution in [0.4, 0.5) is 10.5 Å². The number of carbonyl (C=O) groups excluding carboxylic acids is 1. The fourth-order valence-electron chi connectivity index (χ4n) is 1.44. The first-order valence-electron chi connectivity index (χ1n) is 5.95. The lowest BCUT2D eigenvalue weighted by atomic mass is 10.1. The largest absolute Gasteiger partial charge is 0.495 e. The summed E-state index contributed by atoms with van der Waals surface area (Å²) in [5.74, 6) is -0.782. The molecule has 2 amide bonds. The maximum atomic E-state index is 11.6. The van der Waals surface area contributed by atoms with Gasteiger partial charge in [0.15, 0.2) is 0 Å². The third-order valence-corrected chi connectivity index (χ3v) is 2.64. The maximum Gasteiger partial charge on any atom is 0.319 e. The van der Waals surface area contributed by atoms with Crippen LogP contribution in [0.25, 0.3) is 0 Å². The van der Waals surface area contributed by atoms with Gasteiger partial charge in [0.05, 0.1) is 18.7 Å². The molecule has 104 valence electrons. The molecule has 0 aromatic heterocycles. The van der Waals surface area contributed by atoms with Crippen LogP contribution in [0, 0.1) is 5.92 Å². The van der Waals surface area contributed by atoms with E-state index in [0.29, 0.717) is 24.4 Å². The predicted octanol–water partition coefficient (Wildman–Crippen LogP) is 1.93. The van der Waals surface area contributed by atoms with E-state index in [1.807, 2.05) is 0 Å². The zero-order valence-corrected chi connectivity index (χ0v) is 11.0. The lowest BCUT2D eigenvalue weighted by molar-refractivity contribution is -0.141. The average Bonchev–Trinajstić information content (AvgIpc) is 2.39. The van der Waals surface area contributed by atoms with Gasteiger partial charge in [0.2, 0.25) is 0 Å². The van der Waals surface area contributed by atoms with Crippen LogP contribution in [0.15, 0.2) is 24.3 Å². The van der Waals surface area contributed by atoms with Crippen molar-refractivity contribution in [1.29, 1.82) is 0 Å². The molecule has 0 fully saturated rings.